The van der Waals surface area contributed by atoms with Gasteiger partial charge < -0.3 is 10.2 Å². The first-order chi connectivity index (χ1) is 8.02. The number of anilines is 1. The molecule has 3 nitrogen and oxygen atoms in total. The summed E-state index contributed by atoms with van der Waals surface area (Å²) in [7, 11) is 1.62. The molecule has 0 bridgehead atoms. The number of carbonyl (C=O) groups excluding carboxylic acids is 1. The molecule has 6 heteroatoms. The Bertz CT molecular complexity index is 417. The summed E-state index contributed by atoms with van der Waals surface area (Å²) in [6.07, 6.45) is 0. The molecule has 0 spiro atoms. The van der Waals surface area contributed by atoms with Crippen molar-refractivity contribution in [3.8, 4) is 0 Å². The van der Waals surface area contributed by atoms with Gasteiger partial charge in [-0.15, -0.1) is 0 Å². The number of hydrogen-bond donors (Lipinski definition) is 1. The van der Waals surface area contributed by atoms with Gasteiger partial charge in [-0.1, -0.05) is 34.8 Å². The standard InChI is InChI=1S/C11H11Cl3N2O/c1-16(7-9(14)6-12)11(17)15-10-4-2-8(13)3-5-10/h2-6H,7H2,1H3,(H,15,17)/b9-6-. The van der Waals surface area contributed by atoms with E-state index in [1.54, 1.807) is 31.3 Å². The van der Waals surface area contributed by atoms with Gasteiger partial charge in [0.05, 0.1) is 6.54 Å². The minimum atomic E-state index is -0.274. The Hall–Kier alpha value is -0.900. The number of urea groups is 1. The third kappa shape index (κ3) is 4.86. The molecule has 0 saturated carbocycles. The van der Waals surface area contributed by atoms with E-state index in [4.69, 9.17) is 34.8 Å². The zero-order chi connectivity index (χ0) is 12.8. The van der Waals surface area contributed by atoms with Crippen molar-refractivity contribution in [2.75, 3.05) is 18.9 Å². The van der Waals surface area contributed by atoms with Crippen molar-refractivity contribution < 1.29 is 4.79 Å². The SMILES string of the molecule is CN(C/C(Cl)=C/Cl)C(=O)Nc1ccc(Cl)cc1. The highest BCUT2D eigenvalue weighted by molar-refractivity contribution is 6.36. The summed E-state index contributed by atoms with van der Waals surface area (Å²) in [6.45, 7) is 0.254. The zero-order valence-electron chi connectivity index (χ0n) is 9.08. The summed E-state index contributed by atoms with van der Waals surface area (Å²) < 4.78 is 0. The lowest BCUT2D eigenvalue weighted by Gasteiger charge is -2.17. The highest BCUT2D eigenvalue weighted by atomic mass is 35.5. The van der Waals surface area contributed by atoms with Crippen molar-refractivity contribution in [2.24, 2.45) is 0 Å². The number of amides is 2. The largest absolute Gasteiger partial charge is 0.322 e. The van der Waals surface area contributed by atoms with Crippen LogP contribution in [-0.4, -0.2) is 24.5 Å². The van der Waals surface area contributed by atoms with Gasteiger partial charge in [-0.2, -0.15) is 0 Å². The van der Waals surface area contributed by atoms with Crippen LogP contribution in [-0.2, 0) is 0 Å². The number of carbonyl (C=O) groups is 1. The fourth-order valence-electron chi connectivity index (χ4n) is 1.09. The van der Waals surface area contributed by atoms with Crippen LogP contribution in [0.1, 0.15) is 0 Å². The molecule has 0 saturated heterocycles. The maximum absolute atomic E-state index is 11.7. The van der Waals surface area contributed by atoms with Crippen molar-refractivity contribution in [2.45, 2.75) is 0 Å². The summed E-state index contributed by atoms with van der Waals surface area (Å²) in [4.78, 5) is 13.1. The van der Waals surface area contributed by atoms with Gasteiger partial charge in [-0.25, -0.2) is 4.79 Å². The maximum Gasteiger partial charge on any atom is 0.321 e. The quantitative estimate of drug-likeness (QED) is 0.893. The van der Waals surface area contributed by atoms with E-state index >= 15 is 0 Å². The normalized spacial score (nSPS) is 11.2. The molecule has 0 radical (unpaired) electrons. The van der Waals surface area contributed by atoms with Gasteiger partial charge in [-0.3, -0.25) is 0 Å². The second kappa shape index (κ2) is 6.74. The van der Waals surface area contributed by atoms with Crippen molar-refractivity contribution in [1.82, 2.24) is 4.90 Å². The number of likely N-dealkylation sites (N-methyl/N-ethyl adjacent to an activating group) is 1. The second-order valence-electron chi connectivity index (χ2n) is 3.35. The van der Waals surface area contributed by atoms with Gasteiger partial charge in [0.15, 0.2) is 0 Å². The van der Waals surface area contributed by atoms with Crippen LogP contribution >= 0.6 is 34.8 Å². The van der Waals surface area contributed by atoms with Crippen LogP contribution in [0.2, 0.25) is 5.02 Å². The molecule has 17 heavy (non-hydrogen) atoms. The minimum Gasteiger partial charge on any atom is -0.322 e. The van der Waals surface area contributed by atoms with Crippen molar-refractivity contribution in [3.05, 3.63) is 39.9 Å². The fourth-order valence-corrected chi connectivity index (χ4v) is 1.46. The Kier molecular flexibility index (Phi) is 5.62. The molecule has 1 aromatic carbocycles. The van der Waals surface area contributed by atoms with E-state index in [1.807, 2.05) is 0 Å². The molecular weight excluding hydrogens is 282 g/mol. The predicted octanol–water partition coefficient (Wildman–Crippen LogP) is 4.12. The smallest absolute Gasteiger partial charge is 0.321 e. The number of nitrogens with zero attached hydrogens (tertiary/aromatic N) is 1. The third-order valence-corrected chi connectivity index (χ3v) is 2.80. The average molecular weight is 294 g/mol. The van der Waals surface area contributed by atoms with Gasteiger partial charge in [-0.05, 0) is 24.3 Å². The van der Waals surface area contributed by atoms with Crippen LogP contribution in [0.4, 0.5) is 10.5 Å². The van der Waals surface area contributed by atoms with E-state index < -0.39 is 0 Å². The van der Waals surface area contributed by atoms with Crippen LogP contribution < -0.4 is 5.32 Å². The van der Waals surface area contributed by atoms with Gasteiger partial charge in [0, 0.05) is 28.3 Å². The molecule has 0 unspecified atom stereocenters. The lowest BCUT2D eigenvalue weighted by Crippen LogP contribution is -2.32. The number of benzene rings is 1. The Labute approximate surface area is 115 Å². The lowest BCUT2D eigenvalue weighted by atomic mass is 10.3. The van der Waals surface area contributed by atoms with E-state index in [-0.39, 0.29) is 12.6 Å². The van der Waals surface area contributed by atoms with E-state index in [1.165, 1.54) is 10.4 Å². The average Bonchev–Trinajstić information content (AvgIpc) is 2.31. The monoisotopic (exact) mass is 292 g/mol. The van der Waals surface area contributed by atoms with Crippen LogP contribution in [0.5, 0.6) is 0 Å². The summed E-state index contributed by atoms with van der Waals surface area (Å²) in [5.41, 5.74) is 1.89. The van der Waals surface area contributed by atoms with Crippen LogP contribution in [0.25, 0.3) is 0 Å². The highest BCUT2D eigenvalue weighted by Crippen LogP contribution is 2.14. The molecule has 1 N–H and O–H groups in total. The fraction of sp³-hybridized carbons (Fsp3) is 0.182. The number of halogens is 3. The molecule has 0 atom stereocenters. The number of nitrogens with one attached hydrogen (secondary N) is 1. The maximum atomic E-state index is 11.7. The Morgan fingerprint density at radius 3 is 2.53 bits per heavy atom. The van der Waals surface area contributed by atoms with E-state index in [0.717, 1.165) is 0 Å². The predicted molar refractivity (Wildman–Crippen MR) is 72.9 cm³/mol. The Morgan fingerprint density at radius 1 is 1.41 bits per heavy atom. The first kappa shape index (κ1) is 14.2. The molecular formula is C11H11Cl3N2O. The molecule has 1 aromatic rings. The summed E-state index contributed by atoms with van der Waals surface area (Å²) in [5.74, 6) is 0. The third-order valence-electron chi connectivity index (χ3n) is 1.95. The van der Waals surface area contributed by atoms with E-state index in [0.29, 0.717) is 15.7 Å². The highest BCUT2D eigenvalue weighted by Gasteiger charge is 2.09. The van der Waals surface area contributed by atoms with E-state index in [9.17, 15) is 4.79 Å². The molecule has 1 rings (SSSR count). The van der Waals surface area contributed by atoms with Crippen LogP contribution in [0, 0.1) is 0 Å². The van der Waals surface area contributed by atoms with Gasteiger partial charge >= 0.3 is 6.03 Å². The van der Waals surface area contributed by atoms with Gasteiger partial charge in [0.2, 0.25) is 0 Å². The van der Waals surface area contributed by atoms with Gasteiger partial charge in [0.25, 0.3) is 0 Å². The summed E-state index contributed by atoms with van der Waals surface area (Å²) in [6, 6.07) is 6.55. The molecule has 92 valence electrons. The molecule has 0 fully saturated rings. The molecule has 0 aliphatic heterocycles. The molecule has 2 amide bonds. The lowest BCUT2D eigenvalue weighted by molar-refractivity contribution is 0.226. The molecule has 0 heterocycles. The van der Waals surface area contributed by atoms with Crippen molar-refractivity contribution in [3.63, 3.8) is 0 Å². The first-order valence-electron chi connectivity index (χ1n) is 4.75. The van der Waals surface area contributed by atoms with Crippen LogP contribution in [0.3, 0.4) is 0 Å². The first-order valence-corrected chi connectivity index (χ1v) is 5.94. The topological polar surface area (TPSA) is 32.3 Å². The molecule has 0 aromatic heterocycles. The zero-order valence-corrected chi connectivity index (χ0v) is 11.4. The van der Waals surface area contributed by atoms with E-state index in [2.05, 4.69) is 5.32 Å². The van der Waals surface area contributed by atoms with Crippen molar-refractivity contribution >= 4 is 46.5 Å². The van der Waals surface area contributed by atoms with Gasteiger partial charge in [0.1, 0.15) is 0 Å². The number of rotatable bonds is 3. The Morgan fingerprint density at radius 2 is 2.00 bits per heavy atom. The Balaban J connectivity index is 2.57. The molecule has 0 aliphatic carbocycles. The summed E-state index contributed by atoms with van der Waals surface area (Å²) >= 11 is 16.9. The van der Waals surface area contributed by atoms with Crippen molar-refractivity contribution in [1.29, 1.82) is 0 Å². The molecule has 0 aliphatic rings. The second-order valence-corrected chi connectivity index (χ2v) is 4.49. The number of hydrogen-bond acceptors (Lipinski definition) is 1. The minimum absolute atomic E-state index is 0.254. The van der Waals surface area contributed by atoms with Crippen LogP contribution in [0.15, 0.2) is 34.8 Å². The summed E-state index contributed by atoms with van der Waals surface area (Å²) in [5, 5.41) is 3.70.